The standard InChI is InChI=1S/C20H20FN3O3S2/c21-15-3-1-2-4-16(15)23-9-11-24(12-10-23)29(25,26)19-8-7-18(28-19)17-13-22-20(27-17)14-5-6-14/h1-4,7-8,13-14H,5-6,9-12H2. The minimum Gasteiger partial charge on any atom is -0.440 e. The molecule has 2 aromatic heterocycles. The van der Waals surface area contributed by atoms with Crippen molar-refractivity contribution in [3.05, 3.63) is 54.3 Å². The van der Waals surface area contributed by atoms with Crippen molar-refractivity contribution in [1.29, 1.82) is 0 Å². The van der Waals surface area contributed by atoms with Crippen LogP contribution in [-0.2, 0) is 10.0 Å². The molecule has 1 saturated carbocycles. The summed E-state index contributed by atoms with van der Waals surface area (Å²) in [5, 5.41) is 0. The van der Waals surface area contributed by atoms with E-state index in [0.29, 0.717) is 43.5 Å². The van der Waals surface area contributed by atoms with Crippen molar-refractivity contribution in [3.63, 3.8) is 0 Å². The monoisotopic (exact) mass is 433 g/mol. The first-order valence-corrected chi connectivity index (χ1v) is 11.8. The van der Waals surface area contributed by atoms with Gasteiger partial charge >= 0.3 is 0 Å². The highest BCUT2D eigenvalue weighted by Crippen LogP contribution is 2.41. The lowest BCUT2D eigenvalue weighted by molar-refractivity contribution is 0.384. The van der Waals surface area contributed by atoms with Gasteiger partial charge in [-0.25, -0.2) is 17.8 Å². The molecule has 6 nitrogen and oxygen atoms in total. The second-order valence-corrected chi connectivity index (χ2v) is 10.5. The van der Waals surface area contributed by atoms with E-state index in [2.05, 4.69) is 4.98 Å². The highest BCUT2D eigenvalue weighted by molar-refractivity contribution is 7.91. The van der Waals surface area contributed by atoms with Gasteiger partial charge in [0.2, 0.25) is 0 Å². The molecule has 1 saturated heterocycles. The molecule has 1 aliphatic carbocycles. The summed E-state index contributed by atoms with van der Waals surface area (Å²) in [6.07, 6.45) is 3.87. The summed E-state index contributed by atoms with van der Waals surface area (Å²) >= 11 is 1.19. The number of nitrogens with zero attached hydrogens (tertiary/aromatic N) is 3. The molecule has 0 unspecified atom stereocenters. The van der Waals surface area contributed by atoms with Gasteiger partial charge in [-0.1, -0.05) is 12.1 Å². The number of benzene rings is 1. The van der Waals surface area contributed by atoms with Crippen LogP contribution in [-0.4, -0.2) is 43.9 Å². The third kappa shape index (κ3) is 3.58. The van der Waals surface area contributed by atoms with E-state index in [1.165, 1.54) is 21.7 Å². The Balaban J connectivity index is 1.30. The fourth-order valence-electron chi connectivity index (χ4n) is 3.52. The Morgan fingerprint density at radius 1 is 1.07 bits per heavy atom. The van der Waals surface area contributed by atoms with E-state index >= 15 is 0 Å². The topological polar surface area (TPSA) is 66.7 Å². The normalized spacial score (nSPS) is 18.3. The smallest absolute Gasteiger partial charge is 0.252 e. The van der Waals surface area contributed by atoms with E-state index in [9.17, 15) is 12.8 Å². The number of hydrogen-bond donors (Lipinski definition) is 0. The summed E-state index contributed by atoms with van der Waals surface area (Å²) in [5.74, 6) is 1.48. The average molecular weight is 434 g/mol. The van der Waals surface area contributed by atoms with Gasteiger partial charge in [0.15, 0.2) is 11.7 Å². The molecule has 1 aliphatic heterocycles. The predicted octanol–water partition coefficient (Wildman–Crippen LogP) is 3.93. The second kappa shape index (κ2) is 7.23. The zero-order valence-corrected chi connectivity index (χ0v) is 17.3. The average Bonchev–Trinajstić information content (AvgIpc) is 3.25. The fourth-order valence-corrected chi connectivity index (χ4v) is 6.35. The Bertz CT molecular complexity index is 1130. The lowest BCUT2D eigenvalue weighted by Gasteiger charge is -2.35. The highest BCUT2D eigenvalue weighted by Gasteiger charge is 2.32. The van der Waals surface area contributed by atoms with Crippen LogP contribution in [0.5, 0.6) is 0 Å². The largest absolute Gasteiger partial charge is 0.440 e. The van der Waals surface area contributed by atoms with Crippen molar-refractivity contribution in [2.45, 2.75) is 23.0 Å². The first-order valence-electron chi connectivity index (χ1n) is 9.58. The lowest BCUT2D eigenvalue weighted by Crippen LogP contribution is -2.48. The van der Waals surface area contributed by atoms with Gasteiger partial charge in [0, 0.05) is 32.1 Å². The SMILES string of the molecule is O=S(=O)(c1ccc(-c2cnc(C3CC3)o2)s1)N1CCN(c2ccccc2F)CC1. The molecule has 0 bridgehead atoms. The number of piperazine rings is 1. The number of anilines is 1. The van der Waals surface area contributed by atoms with Gasteiger partial charge in [-0.05, 0) is 37.1 Å². The predicted molar refractivity (Wildman–Crippen MR) is 109 cm³/mol. The molecule has 29 heavy (non-hydrogen) atoms. The Kier molecular flexibility index (Phi) is 4.68. The van der Waals surface area contributed by atoms with E-state index in [0.717, 1.165) is 23.6 Å². The van der Waals surface area contributed by atoms with E-state index in [1.54, 1.807) is 36.5 Å². The first-order chi connectivity index (χ1) is 14.0. The quantitative estimate of drug-likeness (QED) is 0.610. The molecule has 1 aromatic carbocycles. The Hall–Kier alpha value is -2.23. The minimum absolute atomic E-state index is 0.288. The minimum atomic E-state index is -3.59. The van der Waals surface area contributed by atoms with E-state index in [1.807, 2.05) is 4.90 Å². The molecule has 0 amide bonds. The number of thiophene rings is 1. The van der Waals surface area contributed by atoms with Crippen LogP contribution in [0.15, 0.2) is 51.2 Å². The molecule has 0 spiro atoms. The van der Waals surface area contributed by atoms with Crippen LogP contribution in [0, 0.1) is 5.82 Å². The zero-order valence-electron chi connectivity index (χ0n) is 15.6. The van der Waals surface area contributed by atoms with Crippen LogP contribution in [0.1, 0.15) is 24.7 Å². The van der Waals surface area contributed by atoms with Gasteiger partial charge in [-0.15, -0.1) is 11.3 Å². The third-order valence-corrected chi connectivity index (χ3v) is 8.77. The maximum Gasteiger partial charge on any atom is 0.252 e. The van der Waals surface area contributed by atoms with Gasteiger partial charge in [-0.2, -0.15) is 4.31 Å². The van der Waals surface area contributed by atoms with Crippen LogP contribution in [0.25, 0.3) is 10.6 Å². The first kappa shape index (κ1) is 18.8. The molecule has 2 aliphatic rings. The second-order valence-electron chi connectivity index (χ2n) is 7.30. The molecule has 3 aromatic rings. The van der Waals surface area contributed by atoms with Crippen LogP contribution < -0.4 is 4.90 Å². The van der Waals surface area contributed by atoms with E-state index < -0.39 is 10.0 Å². The third-order valence-electron chi connectivity index (χ3n) is 5.30. The van der Waals surface area contributed by atoms with E-state index in [4.69, 9.17) is 4.42 Å². The lowest BCUT2D eigenvalue weighted by atomic mass is 10.2. The Morgan fingerprint density at radius 2 is 1.83 bits per heavy atom. The highest BCUT2D eigenvalue weighted by atomic mass is 32.2. The molecule has 3 heterocycles. The molecule has 0 N–H and O–H groups in total. The summed E-state index contributed by atoms with van der Waals surface area (Å²) < 4.78 is 47.7. The molecule has 5 rings (SSSR count). The molecule has 2 fully saturated rings. The van der Waals surface area contributed by atoms with Crippen molar-refractivity contribution in [2.75, 3.05) is 31.1 Å². The molecule has 9 heteroatoms. The van der Waals surface area contributed by atoms with Crippen molar-refractivity contribution in [3.8, 4) is 10.6 Å². The molecule has 0 radical (unpaired) electrons. The van der Waals surface area contributed by atoms with Gasteiger partial charge in [0.05, 0.1) is 16.8 Å². The summed E-state index contributed by atoms with van der Waals surface area (Å²) in [4.78, 5) is 6.95. The van der Waals surface area contributed by atoms with Crippen LogP contribution in [0.3, 0.4) is 0 Å². The van der Waals surface area contributed by atoms with Gasteiger partial charge in [-0.3, -0.25) is 0 Å². The summed E-state index contributed by atoms with van der Waals surface area (Å²) in [6.45, 7) is 1.53. The number of rotatable bonds is 5. The van der Waals surface area contributed by atoms with Gasteiger partial charge < -0.3 is 9.32 Å². The maximum absolute atomic E-state index is 14.0. The van der Waals surface area contributed by atoms with Gasteiger partial charge in [0.1, 0.15) is 10.0 Å². The number of halogens is 1. The number of aromatic nitrogens is 1. The molecular formula is C20H20FN3O3S2. The summed E-state index contributed by atoms with van der Waals surface area (Å²) in [5.41, 5.74) is 0.514. The van der Waals surface area contributed by atoms with Crippen molar-refractivity contribution in [2.24, 2.45) is 0 Å². The molecule has 0 atom stereocenters. The Labute approximate surface area is 172 Å². The maximum atomic E-state index is 14.0. The van der Waals surface area contributed by atoms with Crippen molar-refractivity contribution in [1.82, 2.24) is 9.29 Å². The molecule has 152 valence electrons. The Morgan fingerprint density at radius 3 is 2.55 bits per heavy atom. The van der Waals surface area contributed by atoms with E-state index in [-0.39, 0.29) is 10.0 Å². The van der Waals surface area contributed by atoms with Crippen molar-refractivity contribution < 1.29 is 17.2 Å². The summed E-state index contributed by atoms with van der Waals surface area (Å²) in [6, 6.07) is 9.97. The van der Waals surface area contributed by atoms with Crippen LogP contribution in [0.2, 0.25) is 0 Å². The number of para-hydroxylation sites is 1. The zero-order chi connectivity index (χ0) is 20.0. The summed E-state index contributed by atoms with van der Waals surface area (Å²) in [7, 11) is -3.59. The van der Waals surface area contributed by atoms with Crippen LogP contribution in [0.4, 0.5) is 10.1 Å². The molecular weight excluding hydrogens is 413 g/mol. The van der Waals surface area contributed by atoms with Crippen molar-refractivity contribution >= 4 is 27.0 Å². The number of sulfonamides is 1. The fraction of sp³-hybridized carbons (Fsp3) is 0.350. The van der Waals surface area contributed by atoms with Gasteiger partial charge in [0.25, 0.3) is 10.0 Å². The van der Waals surface area contributed by atoms with Crippen LogP contribution >= 0.6 is 11.3 Å². The number of oxazole rings is 1. The number of hydrogen-bond acceptors (Lipinski definition) is 6.